The second-order valence-corrected chi connectivity index (χ2v) is 3.86. The molecule has 0 bridgehead atoms. The third kappa shape index (κ3) is 2.99. The topological polar surface area (TPSA) is 44.5 Å². The van der Waals surface area contributed by atoms with Crippen molar-refractivity contribution in [1.29, 1.82) is 0 Å². The molecule has 3 nitrogen and oxygen atoms in total. The van der Waals surface area contributed by atoms with Gasteiger partial charge in [-0.05, 0) is 29.8 Å². The minimum absolute atomic E-state index is 0.310. The lowest BCUT2D eigenvalue weighted by molar-refractivity contribution is 0.184. The number of nitrogens with two attached hydrogens (primary N) is 1. The smallest absolute Gasteiger partial charge is 0.153 e. The van der Waals surface area contributed by atoms with E-state index in [0.29, 0.717) is 23.8 Å². The summed E-state index contributed by atoms with van der Waals surface area (Å²) in [4.78, 5) is 0. The zero-order valence-corrected chi connectivity index (χ0v) is 10.0. The number of halogens is 1. The Labute approximate surface area is 105 Å². The summed E-state index contributed by atoms with van der Waals surface area (Å²) in [6.07, 6.45) is 0. The molecule has 94 valence electrons. The van der Waals surface area contributed by atoms with Gasteiger partial charge in [0.05, 0.1) is 12.3 Å². The van der Waals surface area contributed by atoms with Crippen molar-refractivity contribution in [2.24, 2.45) is 0 Å². The first kappa shape index (κ1) is 12.4. The minimum atomic E-state index is -0.382. The summed E-state index contributed by atoms with van der Waals surface area (Å²) in [5, 5.41) is 0. The molecule has 2 aromatic carbocycles. The Morgan fingerprint density at radius 3 is 2.78 bits per heavy atom. The molecule has 0 fully saturated rings. The van der Waals surface area contributed by atoms with Crippen molar-refractivity contribution in [2.45, 2.75) is 6.61 Å². The molecule has 0 radical (unpaired) electrons. The van der Waals surface area contributed by atoms with Gasteiger partial charge in [0.25, 0.3) is 0 Å². The summed E-state index contributed by atoms with van der Waals surface area (Å²) in [6.45, 7) is 0.496. The summed E-state index contributed by atoms with van der Waals surface area (Å²) < 4.78 is 23.7. The normalized spacial score (nSPS) is 10.3. The second kappa shape index (κ2) is 5.51. The Hall–Kier alpha value is -2.07. The number of benzene rings is 2. The van der Waals surface area contributed by atoms with E-state index >= 15 is 0 Å². The highest BCUT2D eigenvalue weighted by atomic mass is 19.1. The molecule has 0 aliphatic rings. The fourth-order valence-corrected chi connectivity index (χ4v) is 1.59. The Bertz CT molecular complexity index is 543. The SMILES string of the molecule is COCc1cccc(Oc2cc(F)ccc2N)c1. The van der Waals surface area contributed by atoms with Gasteiger partial charge in [0, 0.05) is 13.2 Å². The van der Waals surface area contributed by atoms with Gasteiger partial charge >= 0.3 is 0 Å². The highest BCUT2D eigenvalue weighted by molar-refractivity contribution is 5.54. The van der Waals surface area contributed by atoms with Gasteiger partial charge in [-0.3, -0.25) is 0 Å². The summed E-state index contributed by atoms with van der Waals surface area (Å²) in [5.74, 6) is 0.527. The van der Waals surface area contributed by atoms with Crippen LogP contribution in [0.2, 0.25) is 0 Å². The zero-order valence-electron chi connectivity index (χ0n) is 10.0. The van der Waals surface area contributed by atoms with Crippen LogP contribution in [-0.2, 0) is 11.3 Å². The molecular formula is C14H14FNO2. The van der Waals surface area contributed by atoms with Crippen LogP contribution in [0, 0.1) is 5.82 Å². The van der Waals surface area contributed by atoms with Crippen molar-refractivity contribution in [3.05, 3.63) is 53.8 Å². The molecule has 0 atom stereocenters. The molecule has 0 amide bonds. The van der Waals surface area contributed by atoms with Gasteiger partial charge in [-0.15, -0.1) is 0 Å². The van der Waals surface area contributed by atoms with E-state index in [2.05, 4.69) is 0 Å². The Morgan fingerprint density at radius 2 is 2.00 bits per heavy atom. The molecule has 0 aromatic heterocycles. The molecule has 0 heterocycles. The van der Waals surface area contributed by atoms with Crippen LogP contribution >= 0.6 is 0 Å². The van der Waals surface area contributed by atoms with Crippen LogP contribution in [-0.4, -0.2) is 7.11 Å². The maximum Gasteiger partial charge on any atom is 0.153 e. The first-order chi connectivity index (χ1) is 8.69. The van der Waals surface area contributed by atoms with Crippen molar-refractivity contribution < 1.29 is 13.9 Å². The predicted octanol–water partition coefficient (Wildman–Crippen LogP) is 3.35. The monoisotopic (exact) mass is 247 g/mol. The van der Waals surface area contributed by atoms with Gasteiger partial charge in [0.1, 0.15) is 11.6 Å². The Balaban J connectivity index is 2.22. The van der Waals surface area contributed by atoms with Crippen molar-refractivity contribution in [1.82, 2.24) is 0 Å². The average molecular weight is 247 g/mol. The van der Waals surface area contributed by atoms with Crippen molar-refractivity contribution in [3.63, 3.8) is 0 Å². The maximum atomic E-state index is 13.1. The van der Waals surface area contributed by atoms with Gasteiger partial charge in [-0.25, -0.2) is 4.39 Å². The van der Waals surface area contributed by atoms with Crippen LogP contribution in [0.5, 0.6) is 11.5 Å². The highest BCUT2D eigenvalue weighted by Crippen LogP contribution is 2.28. The van der Waals surface area contributed by atoms with Gasteiger partial charge in [0.15, 0.2) is 5.75 Å². The number of ether oxygens (including phenoxy) is 2. The van der Waals surface area contributed by atoms with Crippen molar-refractivity contribution in [2.75, 3.05) is 12.8 Å². The standard InChI is InChI=1S/C14H14FNO2/c1-17-9-10-3-2-4-12(7-10)18-14-8-11(15)5-6-13(14)16/h2-8H,9,16H2,1H3. The summed E-state index contributed by atoms with van der Waals surface area (Å²) in [7, 11) is 1.62. The average Bonchev–Trinajstić information content (AvgIpc) is 2.35. The summed E-state index contributed by atoms with van der Waals surface area (Å²) in [6, 6.07) is 11.4. The van der Waals surface area contributed by atoms with E-state index in [0.717, 1.165) is 5.56 Å². The number of nitrogen functional groups attached to an aromatic ring is 1. The number of hydrogen-bond acceptors (Lipinski definition) is 3. The lowest BCUT2D eigenvalue weighted by Crippen LogP contribution is -1.94. The zero-order chi connectivity index (χ0) is 13.0. The Kier molecular flexibility index (Phi) is 3.79. The quantitative estimate of drug-likeness (QED) is 0.843. The van der Waals surface area contributed by atoms with E-state index < -0.39 is 0 Å². The van der Waals surface area contributed by atoms with Gasteiger partial charge in [-0.2, -0.15) is 0 Å². The van der Waals surface area contributed by atoms with Crippen LogP contribution < -0.4 is 10.5 Å². The third-order valence-electron chi connectivity index (χ3n) is 2.41. The van der Waals surface area contributed by atoms with Crippen molar-refractivity contribution in [3.8, 4) is 11.5 Å². The van der Waals surface area contributed by atoms with Crippen LogP contribution in [0.15, 0.2) is 42.5 Å². The molecule has 0 aliphatic carbocycles. The van der Waals surface area contributed by atoms with E-state index in [1.54, 1.807) is 13.2 Å². The molecular weight excluding hydrogens is 233 g/mol. The number of rotatable bonds is 4. The lowest BCUT2D eigenvalue weighted by Gasteiger charge is -2.09. The van der Waals surface area contributed by atoms with Crippen LogP contribution in [0.3, 0.4) is 0 Å². The molecule has 0 saturated heterocycles. The third-order valence-corrected chi connectivity index (χ3v) is 2.41. The maximum absolute atomic E-state index is 13.1. The molecule has 2 aromatic rings. The number of methoxy groups -OCH3 is 1. The fourth-order valence-electron chi connectivity index (χ4n) is 1.59. The lowest BCUT2D eigenvalue weighted by atomic mass is 10.2. The fraction of sp³-hybridized carbons (Fsp3) is 0.143. The largest absolute Gasteiger partial charge is 0.455 e. The first-order valence-electron chi connectivity index (χ1n) is 5.50. The van der Waals surface area contributed by atoms with E-state index in [-0.39, 0.29) is 5.82 Å². The summed E-state index contributed by atoms with van der Waals surface area (Å²) >= 11 is 0. The molecule has 0 unspecified atom stereocenters. The highest BCUT2D eigenvalue weighted by Gasteiger charge is 2.04. The molecule has 2 rings (SSSR count). The Morgan fingerprint density at radius 1 is 1.17 bits per heavy atom. The molecule has 18 heavy (non-hydrogen) atoms. The van der Waals surface area contributed by atoms with Gasteiger partial charge < -0.3 is 15.2 Å². The molecule has 0 spiro atoms. The van der Waals surface area contributed by atoms with E-state index in [4.69, 9.17) is 15.2 Å². The van der Waals surface area contributed by atoms with Gasteiger partial charge in [-0.1, -0.05) is 12.1 Å². The second-order valence-electron chi connectivity index (χ2n) is 3.86. The molecule has 2 N–H and O–H groups in total. The van der Waals surface area contributed by atoms with E-state index in [9.17, 15) is 4.39 Å². The number of anilines is 1. The predicted molar refractivity (Wildman–Crippen MR) is 68.0 cm³/mol. The van der Waals surface area contributed by atoms with Crippen LogP contribution in [0.25, 0.3) is 0 Å². The van der Waals surface area contributed by atoms with Crippen LogP contribution in [0.1, 0.15) is 5.56 Å². The molecule has 0 aliphatic heterocycles. The number of hydrogen-bond donors (Lipinski definition) is 1. The van der Waals surface area contributed by atoms with E-state index in [1.807, 2.05) is 18.2 Å². The molecule has 4 heteroatoms. The first-order valence-corrected chi connectivity index (χ1v) is 5.50. The van der Waals surface area contributed by atoms with E-state index in [1.165, 1.54) is 18.2 Å². The molecule has 0 saturated carbocycles. The van der Waals surface area contributed by atoms with Crippen molar-refractivity contribution >= 4 is 5.69 Å². The van der Waals surface area contributed by atoms with Crippen LogP contribution in [0.4, 0.5) is 10.1 Å². The minimum Gasteiger partial charge on any atom is -0.455 e. The summed E-state index contributed by atoms with van der Waals surface area (Å²) in [5.41, 5.74) is 7.09. The van der Waals surface area contributed by atoms with Gasteiger partial charge in [0.2, 0.25) is 0 Å².